The predicted molar refractivity (Wildman–Crippen MR) is 54.0 cm³/mol. The van der Waals surface area contributed by atoms with Gasteiger partial charge in [-0.25, -0.2) is 9.97 Å². The van der Waals surface area contributed by atoms with Gasteiger partial charge in [-0.15, -0.1) is 0 Å². The average Bonchev–Trinajstić information content (AvgIpc) is 2.64. The Morgan fingerprint density at radius 3 is 2.86 bits per heavy atom. The van der Waals surface area contributed by atoms with Crippen molar-refractivity contribution in [3.8, 4) is 5.82 Å². The molecule has 0 aliphatic carbocycles. The smallest absolute Gasteiger partial charge is 0.142 e. The molecule has 2 rings (SSSR count). The van der Waals surface area contributed by atoms with Crippen molar-refractivity contribution in [3.63, 3.8) is 0 Å². The van der Waals surface area contributed by atoms with Gasteiger partial charge in [0.15, 0.2) is 0 Å². The van der Waals surface area contributed by atoms with Crippen LogP contribution in [0.2, 0.25) is 0 Å². The zero-order valence-corrected chi connectivity index (χ0v) is 8.01. The van der Waals surface area contributed by atoms with Crippen LogP contribution in [0.3, 0.4) is 0 Å². The van der Waals surface area contributed by atoms with Crippen molar-refractivity contribution >= 4 is 0 Å². The lowest BCUT2D eigenvalue weighted by molar-refractivity contribution is 0.895. The summed E-state index contributed by atoms with van der Waals surface area (Å²) in [5.41, 5.74) is 6.65. The fourth-order valence-electron chi connectivity index (χ4n) is 1.41. The van der Waals surface area contributed by atoms with Crippen LogP contribution in [0.5, 0.6) is 0 Å². The van der Waals surface area contributed by atoms with Crippen LogP contribution in [-0.2, 0) is 6.54 Å². The SMILES string of the molecule is Cc1nccn1-c1ncccc1CN. The number of aromatic nitrogens is 3. The van der Waals surface area contributed by atoms with Gasteiger partial charge in [0, 0.05) is 30.7 Å². The van der Waals surface area contributed by atoms with E-state index in [4.69, 9.17) is 5.73 Å². The van der Waals surface area contributed by atoms with Gasteiger partial charge in [0.1, 0.15) is 11.6 Å². The van der Waals surface area contributed by atoms with Crippen molar-refractivity contribution in [1.82, 2.24) is 14.5 Å². The highest BCUT2D eigenvalue weighted by Crippen LogP contribution is 2.11. The van der Waals surface area contributed by atoms with E-state index in [2.05, 4.69) is 9.97 Å². The average molecular weight is 188 g/mol. The number of hydrogen-bond acceptors (Lipinski definition) is 3. The molecular formula is C10H12N4. The lowest BCUT2D eigenvalue weighted by Gasteiger charge is -2.07. The number of pyridine rings is 1. The van der Waals surface area contributed by atoms with Crippen LogP contribution in [-0.4, -0.2) is 14.5 Å². The van der Waals surface area contributed by atoms with Gasteiger partial charge in [-0.05, 0) is 13.0 Å². The van der Waals surface area contributed by atoms with Crippen LogP contribution in [0.25, 0.3) is 5.82 Å². The molecule has 0 spiro atoms. The first kappa shape index (κ1) is 8.90. The molecule has 0 fully saturated rings. The third kappa shape index (κ3) is 1.40. The minimum Gasteiger partial charge on any atom is -0.326 e. The Labute approximate surface area is 82.4 Å². The van der Waals surface area contributed by atoms with Crippen LogP contribution < -0.4 is 5.73 Å². The molecule has 0 radical (unpaired) electrons. The fraction of sp³-hybridized carbons (Fsp3) is 0.200. The summed E-state index contributed by atoms with van der Waals surface area (Å²) in [4.78, 5) is 8.45. The molecule has 4 nitrogen and oxygen atoms in total. The highest BCUT2D eigenvalue weighted by Gasteiger charge is 2.05. The highest BCUT2D eigenvalue weighted by molar-refractivity contribution is 5.34. The Kier molecular flexibility index (Phi) is 2.28. The van der Waals surface area contributed by atoms with Crippen molar-refractivity contribution in [1.29, 1.82) is 0 Å². The van der Waals surface area contributed by atoms with Crippen LogP contribution in [0.15, 0.2) is 30.7 Å². The highest BCUT2D eigenvalue weighted by atomic mass is 15.1. The first-order valence-corrected chi connectivity index (χ1v) is 4.47. The molecule has 0 atom stereocenters. The van der Waals surface area contributed by atoms with Crippen molar-refractivity contribution in [2.24, 2.45) is 5.73 Å². The summed E-state index contributed by atoms with van der Waals surface area (Å²) in [6, 6.07) is 3.86. The van der Waals surface area contributed by atoms with E-state index in [-0.39, 0.29) is 0 Å². The number of aryl methyl sites for hydroxylation is 1. The maximum atomic E-state index is 5.63. The molecule has 0 saturated carbocycles. The third-order valence-electron chi connectivity index (χ3n) is 2.14. The van der Waals surface area contributed by atoms with Gasteiger partial charge in [-0.3, -0.25) is 4.57 Å². The van der Waals surface area contributed by atoms with Crippen LogP contribution in [0.1, 0.15) is 11.4 Å². The van der Waals surface area contributed by atoms with E-state index in [0.717, 1.165) is 17.2 Å². The number of rotatable bonds is 2. The van der Waals surface area contributed by atoms with Gasteiger partial charge < -0.3 is 5.73 Å². The number of hydrogen-bond donors (Lipinski definition) is 1. The topological polar surface area (TPSA) is 56.7 Å². The zero-order valence-electron chi connectivity index (χ0n) is 8.01. The summed E-state index contributed by atoms with van der Waals surface area (Å²) in [6.07, 6.45) is 5.40. The number of imidazole rings is 1. The van der Waals surface area contributed by atoms with E-state index in [1.54, 1.807) is 12.4 Å². The van der Waals surface area contributed by atoms with Gasteiger partial charge in [-0.1, -0.05) is 6.07 Å². The number of nitrogens with two attached hydrogens (primary N) is 1. The quantitative estimate of drug-likeness (QED) is 0.766. The Balaban J connectivity index is 2.56. The molecule has 0 bridgehead atoms. The second-order valence-electron chi connectivity index (χ2n) is 3.03. The second kappa shape index (κ2) is 3.59. The summed E-state index contributed by atoms with van der Waals surface area (Å²) in [5.74, 6) is 1.78. The molecular weight excluding hydrogens is 176 g/mol. The summed E-state index contributed by atoms with van der Waals surface area (Å²) in [7, 11) is 0. The minimum atomic E-state index is 0.487. The molecule has 2 aromatic heterocycles. The van der Waals surface area contributed by atoms with E-state index in [1.807, 2.05) is 29.8 Å². The summed E-state index contributed by atoms with van der Waals surface area (Å²) >= 11 is 0. The van der Waals surface area contributed by atoms with Gasteiger partial charge in [0.25, 0.3) is 0 Å². The monoisotopic (exact) mass is 188 g/mol. The molecule has 2 N–H and O–H groups in total. The minimum absolute atomic E-state index is 0.487. The standard InChI is InChI=1S/C10H12N4/c1-8-12-5-6-14(8)10-9(7-11)3-2-4-13-10/h2-6H,7,11H2,1H3. The molecule has 14 heavy (non-hydrogen) atoms. The molecule has 4 heteroatoms. The van der Waals surface area contributed by atoms with Crippen molar-refractivity contribution in [2.75, 3.05) is 0 Å². The molecule has 0 aromatic carbocycles. The largest absolute Gasteiger partial charge is 0.326 e. The second-order valence-corrected chi connectivity index (χ2v) is 3.03. The molecule has 0 unspecified atom stereocenters. The van der Waals surface area contributed by atoms with E-state index in [1.165, 1.54) is 0 Å². The van der Waals surface area contributed by atoms with Gasteiger partial charge in [0.05, 0.1) is 0 Å². The summed E-state index contributed by atoms with van der Waals surface area (Å²) in [5, 5.41) is 0. The molecule has 2 heterocycles. The van der Waals surface area contributed by atoms with Crippen LogP contribution in [0, 0.1) is 6.92 Å². The number of nitrogens with zero attached hydrogens (tertiary/aromatic N) is 3. The van der Waals surface area contributed by atoms with Gasteiger partial charge in [-0.2, -0.15) is 0 Å². The zero-order chi connectivity index (χ0) is 9.97. The lowest BCUT2D eigenvalue weighted by atomic mass is 10.2. The van der Waals surface area contributed by atoms with E-state index in [9.17, 15) is 0 Å². The van der Waals surface area contributed by atoms with Gasteiger partial charge in [0.2, 0.25) is 0 Å². The van der Waals surface area contributed by atoms with E-state index >= 15 is 0 Å². The van der Waals surface area contributed by atoms with E-state index < -0.39 is 0 Å². The Morgan fingerprint density at radius 1 is 1.36 bits per heavy atom. The first-order chi connectivity index (χ1) is 6.83. The maximum Gasteiger partial charge on any atom is 0.142 e. The van der Waals surface area contributed by atoms with Gasteiger partial charge >= 0.3 is 0 Å². The summed E-state index contributed by atoms with van der Waals surface area (Å²) in [6.45, 7) is 2.43. The Morgan fingerprint density at radius 2 is 2.21 bits per heavy atom. The van der Waals surface area contributed by atoms with Crippen molar-refractivity contribution in [2.45, 2.75) is 13.5 Å². The molecule has 72 valence electrons. The Bertz CT molecular complexity index is 433. The molecule has 0 aliphatic heterocycles. The Hall–Kier alpha value is -1.68. The maximum absolute atomic E-state index is 5.63. The third-order valence-corrected chi connectivity index (χ3v) is 2.14. The predicted octanol–water partition coefficient (Wildman–Crippen LogP) is 1.03. The van der Waals surface area contributed by atoms with Crippen LogP contribution >= 0.6 is 0 Å². The molecule has 0 aliphatic rings. The molecule has 2 aromatic rings. The van der Waals surface area contributed by atoms with Crippen molar-refractivity contribution < 1.29 is 0 Å². The summed E-state index contributed by atoms with van der Waals surface area (Å²) < 4.78 is 1.93. The first-order valence-electron chi connectivity index (χ1n) is 4.47. The molecule has 0 saturated heterocycles. The normalized spacial score (nSPS) is 10.4. The van der Waals surface area contributed by atoms with Crippen molar-refractivity contribution in [3.05, 3.63) is 42.1 Å². The van der Waals surface area contributed by atoms with Crippen LogP contribution in [0.4, 0.5) is 0 Å². The fourth-order valence-corrected chi connectivity index (χ4v) is 1.41. The lowest BCUT2D eigenvalue weighted by Crippen LogP contribution is -2.06. The molecule has 0 amide bonds. The van der Waals surface area contributed by atoms with E-state index in [0.29, 0.717) is 6.54 Å².